The molecule has 1 aromatic heterocycles. The van der Waals surface area contributed by atoms with Gasteiger partial charge in [0.05, 0.1) is 5.69 Å². The van der Waals surface area contributed by atoms with Gasteiger partial charge in [0.2, 0.25) is 0 Å². The maximum Gasteiger partial charge on any atom is 0.274 e. The predicted octanol–water partition coefficient (Wildman–Crippen LogP) is 3.81. The average molecular weight is 377 g/mol. The van der Waals surface area contributed by atoms with Crippen LogP contribution in [0.1, 0.15) is 53.1 Å². The van der Waals surface area contributed by atoms with Gasteiger partial charge in [-0.05, 0) is 37.1 Å². The molecule has 8 heteroatoms. The number of carbonyl (C=O) groups excluding carboxylic acids is 2. The Kier molecular flexibility index (Phi) is 5.73. The number of rotatable bonds is 4. The Balaban J connectivity index is 1.72. The first-order valence-electron chi connectivity index (χ1n) is 8.68. The fourth-order valence-corrected chi connectivity index (χ4v) is 3.00. The zero-order valence-electron chi connectivity index (χ0n) is 14.4. The van der Waals surface area contributed by atoms with Gasteiger partial charge in [-0.1, -0.05) is 25.3 Å². The van der Waals surface area contributed by atoms with Gasteiger partial charge in [0.1, 0.15) is 11.4 Å². The minimum atomic E-state index is -1.68. The highest BCUT2D eigenvalue weighted by atomic mass is 19.2. The van der Waals surface area contributed by atoms with Crippen LogP contribution in [0.5, 0.6) is 0 Å². The second-order valence-electron chi connectivity index (χ2n) is 6.39. The minimum Gasteiger partial charge on any atom is -0.348 e. The molecular formula is C19H18F3N3O2. The van der Waals surface area contributed by atoms with E-state index >= 15 is 0 Å². The number of halogens is 3. The molecule has 1 fully saturated rings. The molecule has 0 bridgehead atoms. The van der Waals surface area contributed by atoms with Crippen molar-refractivity contribution in [3.05, 3.63) is 59.2 Å². The highest BCUT2D eigenvalue weighted by Crippen LogP contribution is 2.20. The zero-order valence-corrected chi connectivity index (χ0v) is 14.4. The van der Waals surface area contributed by atoms with E-state index in [4.69, 9.17) is 0 Å². The van der Waals surface area contributed by atoms with Crippen molar-refractivity contribution in [2.45, 2.75) is 38.1 Å². The highest BCUT2D eigenvalue weighted by molar-refractivity contribution is 6.03. The Bertz CT molecular complexity index is 867. The third kappa shape index (κ3) is 4.45. The van der Waals surface area contributed by atoms with Crippen LogP contribution in [0.2, 0.25) is 0 Å². The number of nitrogens with zero attached hydrogens (tertiary/aromatic N) is 1. The van der Waals surface area contributed by atoms with Gasteiger partial charge in [0.25, 0.3) is 11.8 Å². The van der Waals surface area contributed by atoms with E-state index in [1.165, 1.54) is 18.2 Å². The van der Waals surface area contributed by atoms with Gasteiger partial charge >= 0.3 is 0 Å². The molecule has 0 saturated heterocycles. The van der Waals surface area contributed by atoms with Crippen molar-refractivity contribution in [2.75, 3.05) is 5.32 Å². The molecule has 1 aromatic carbocycles. The fourth-order valence-electron chi connectivity index (χ4n) is 3.00. The summed E-state index contributed by atoms with van der Waals surface area (Å²) >= 11 is 0. The topological polar surface area (TPSA) is 71.1 Å². The average Bonchev–Trinajstić information content (AvgIpc) is 2.69. The van der Waals surface area contributed by atoms with Crippen molar-refractivity contribution >= 4 is 17.5 Å². The molecule has 0 spiro atoms. The van der Waals surface area contributed by atoms with Crippen LogP contribution in [0.4, 0.5) is 18.9 Å². The smallest absolute Gasteiger partial charge is 0.274 e. The first kappa shape index (κ1) is 18.9. The van der Waals surface area contributed by atoms with Crippen molar-refractivity contribution < 1.29 is 22.8 Å². The molecule has 5 nitrogen and oxygen atoms in total. The summed E-state index contributed by atoms with van der Waals surface area (Å²) < 4.78 is 39.9. The second-order valence-corrected chi connectivity index (χ2v) is 6.39. The molecule has 142 valence electrons. The normalized spacial score (nSPS) is 14.6. The molecule has 2 aromatic rings. The third-order valence-electron chi connectivity index (χ3n) is 4.44. The van der Waals surface area contributed by atoms with Crippen molar-refractivity contribution in [1.82, 2.24) is 10.3 Å². The van der Waals surface area contributed by atoms with Crippen molar-refractivity contribution in [3.8, 4) is 0 Å². The largest absolute Gasteiger partial charge is 0.348 e. The standard InChI is InChI=1S/C19H18F3N3O2/c20-12-9-10-13(17(22)16(12)21)25-19(27)15-8-4-7-14(24-15)18(26)23-11-5-2-1-3-6-11/h4,7-11H,1-3,5-6H2,(H,23,26)(H,25,27). The molecule has 1 saturated carbocycles. The van der Waals surface area contributed by atoms with E-state index in [0.717, 1.165) is 38.2 Å². The Morgan fingerprint density at radius 1 is 0.889 bits per heavy atom. The summed E-state index contributed by atoms with van der Waals surface area (Å²) in [6.45, 7) is 0. The van der Waals surface area contributed by atoms with Gasteiger partial charge in [-0.15, -0.1) is 0 Å². The quantitative estimate of drug-likeness (QED) is 0.796. The summed E-state index contributed by atoms with van der Waals surface area (Å²) in [7, 11) is 0. The number of benzene rings is 1. The predicted molar refractivity (Wildman–Crippen MR) is 92.8 cm³/mol. The van der Waals surface area contributed by atoms with E-state index in [2.05, 4.69) is 15.6 Å². The monoisotopic (exact) mass is 377 g/mol. The van der Waals surface area contributed by atoms with Gasteiger partial charge in [0.15, 0.2) is 17.5 Å². The van der Waals surface area contributed by atoms with E-state index < -0.39 is 35.0 Å². The van der Waals surface area contributed by atoms with Crippen LogP contribution >= 0.6 is 0 Å². The van der Waals surface area contributed by atoms with E-state index in [9.17, 15) is 22.8 Å². The van der Waals surface area contributed by atoms with E-state index in [-0.39, 0.29) is 17.4 Å². The highest BCUT2D eigenvalue weighted by Gasteiger charge is 2.20. The number of pyridine rings is 1. The van der Waals surface area contributed by atoms with Gasteiger partial charge in [0, 0.05) is 6.04 Å². The first-order valence-corrected chi connectivity index (χ1v) is 8.68. The molecule has 1 aliphatic carbocycles. The van der Waals surface area contributed by atoms with Gasteiger partial charge in [-0.3, -0.25) is 9.59 Å². The zero-order chi connectivity index (χ0) is 19.4. The lowest BCUT2D eigenvalue weighted by atomic mass is 9.95. The molecule has 3 rings (SSSR count). The maximum absolute atomic E-state index is 13.7. The van der Waals surface area contributed by atoms with Crippen LogP contribution in [0, 0.1) is 17.5 Å². The summed E-state index contributed by atoms with van der Waals surface area (Å²) in [5.41, 5.74) is -0.604. The van der Waals surface area contributed by atoms with Crippen molar-refractivity contribution in [2.24, 2.45) is 0 Å². The van der Waals surface area contributed by atoms with E-state index in [1.54, 1.807) is 0 Å². The number of aromatic nitrogens is 1. The number of carbonyl (C=O) groups is 2. The lowest BCUT2D eigenvalue weighted by molar-refractivity contribution is 0.0922. The molecule has 0 radical (unpaired) electrons. The third-order valence-corrected chi connectivity index (χ3v) is 4.44. The summed E-state index contributed by atoms with van der Waals surface area (Å²) in [5.74, 6) is -5.77. The molecule has 2 amide bonds. The van der Waals surface area contributed by atoms with Crippen LogP contribution in [0.25, 0.3) is 0 Å². The second kappa shape index (κ2) is 8.20. The van der Waals surface area contributed by atoms with Crippen LogP contribution < -0.4 is 10.6 Å². The molecule has 0 unspecified atom stereocenters. The van der Waals surface area contributed by atoms with Gasteiger partial charge in [-0.2, -0.15) is 0 Å². The number of hydrogen-bond acceptors (Lipinski definition) is 3. The van der Waals surface area contributed by atoms with Crippen molar-refractivity contribution in [1.29, 1.82) is 0 Å². The Labute approximate surface area is 154 Å². The number of hydrogen-bond donors (Lipinski definition) is 2. The first-order chi connectivity index (χ1) is 13.0. The summed E-state index contributed by atoms with van der Waals surface area (Å²) in [5, 5.41) is 5.02. The van der Waals surface area contributed by atoms with Crippen molar-refractivity contribution in [3.63, 3.8) is 0 Å². The number of anilines is 1. The maximum atomic E-state index is 13.7. The van der Waals surface area contributed by atoms with Crippen LogP contribution in [-0.2, 0) is 0 Å². The Hall–Kier alpha value is -2.90. The molecule has 1 heterocycles. The lowest BCUT2D eigenvalue weighted by Crippen LogP contribution is -2.36. The lowest BCUT2D eigenvalue weighted by Gasteiger charge is -2.22. The fraction of sp³-hybridized carbons (Fsp3) is 0.316. The van der Waals surface area contributed by atoms with Crippen LogP contribution in [-0.4, -0.2) is 22.8 Å². The molecule has 27 heavy (non-hydrogen) atoms. The summed E-state index contributed by atoms with van der Waals surface area (Å²) in [6, 6.07) is 5.97. The minimum absolute atomic E-state index is 0.0546. The summed E-state index contributed by atoms with van der Waals surface area (Å²) in [4.78, 5) is 28.6. The SMILES string of the molecule is O=C(Nc1ccc(F)c(F)c1F)c1cccc(C(=O)NC2CCCCC2)n1. The molecule has 0 aliphatic heterocycles. The van der Waals surface area contributed by atoms with Gasteiger partial charge in [-0.25, -0.2) is 18.2 Å². The van der Waals surface area contributed by atoms with E-state index in [0.29, 0.717) is 6.07 Å². The molecular weight excluding hydrogens is 359 g/mol. The van der Waals surface area contributed by atoms with Crippen LogP contribution in [0.15, 0.2) is 30.3 Å². The Morgan fingerprint density at radius 2 is 1.56 bits per heavy atom. The van der Waals surface area contributed by atoms with Crippen LogP contribution in [0.3, 0.4) is 0 Å². The van der Waals surface area contributed by atoms with Gasteiger partial charge < -0.3 is 10.6 Å². The Morgan fingerprint density at radius 3 is 2.26 bits per heavy atom. The number of amides is 2. The molecule has 1 aliphatic rings. The molecule has 0 atom stereocenters. The number of nitrogens with one attached hydrogen (secondary N) is 2. The molecule has 2 N–H and O–H groups in total. The summed E-state index contributed by atoms with van der Waals surface area (Å²) in [6.07, 6.45) is 5.07. The van der Waals surface area contributed by atoms with E-state index in [1.807, 2.05) is 0 Å².